The Kier molecular flexibility index (Phi) is 2.42. The maximum Gasteiger partial charge on any atom is 0.122 e. The molecule has 2 rings (SSSR count). The minimum absolute atomic E-state index is 0.608. The van der Waals surface area contributed by atoms with Crippen molar-refractivity contribution in [3.05, 3.63) is 33.8 Å². The molecule has 0 spiro atoms. The summed E-state index contributed by atoms with van der Waals surface area (Å²) in [6.07, 6.45) is 0.767. The fraction of sp³-hybridized carbons (Fsp3) is 0.222. The Morgan fingerprint density at radius 1 is 1.23 bits per heavy atom. The van der Waals surface area contributed by atoms with Crippen LogP contribution in [-0.2, 0) is 4.84 Å². The van der Waals surface area contributed by atoms with E-state index in [0.717, 1.165) is 17.7 Å². The zero-order chi connectivity index (χ0) is 9.26. The zero-order valence-corrected chi connectivity index (χ0v) is 8.27. The molecule has 1 aromatic carbocycles. The Morgan fingerprint density at radius 2 is 1.92 bits per heavy atom. The molecule has 13 heavy (non-hydrogen) atoms. The molecule has 0 atom stereocenters. The highest BCUT2D eigenvalue weighted by molar-refractivity contribution is 6.40. The van der Waals surface area contributed by atoms with Crippen LogP contribution in [0, 0.1) is 0 Å². The van der Waals surface area contributed by atoms with Gasteiger partial charge in [-0.15, -0.1) is 0 Å². The van der Waals surface area contributed by atoms with Gasteiger partial charge in [-0.1, -0.05) is 34.4 Å². The van der Waals surface area contributed by atoms with Gasteiger partial charge in [0.2, 0.25) is 0 Å². The fourth-order valence-electron chi connectivity index (χ4n) is 1.26. The quantitative estimate of drug-likeness (QED) is 0.706. The van der Waals surface area contributed by atoms with Crippen LogP contribution in [0.2, 0.25) is 10.0 Å². The van der Waals surface area contributed by atoms with Gasteiger partial charge in [0.15, 0.2) is 0 Å². The molecule has 0 N–H and O–H groups in total. The van der Waals surface area contributed by atoms with Crippen molar-refractivity contribution in [1.29, 1.82) is 0 Å². The molecule has 1 aromatic rings. The third-order valence-electron chi connectivity index (χ3n) is 1.86. The van der Waals surface area contributed by atoms with Gasteiger partial charge in [-0.25, -0.2) is 0 Å². The molecule has 0 aromatic heterocycles. The summed E-state index contributed by atoms with van der Waals surface area (Å²) in [6.45, 7) is 0.608. The number of hydrogen-bond donors (Lipinski definition) is 0. The summed E-state index contributed by atoms with van der Waals surface area (Å²) in [5.41, 5.74) is 1.62. The molecule has 0 amide bonds. The maximum absolute atomic E-state index is 5.99. The highest BCUT2D eigenvalue weighted by Gasteiger charge is 2.16. The molecule has 1 heterocycles. The molecule has 0 aliphatic carbocycles. The second kappa shape index (κ2) is 3.56. The highest BCUT2D eigenvalue weighted by atomic mass is 35.5. The molecule has 0 radical (unpaired) electrons. The van der Waals surface area contributed by atoms with Crippen LogP contribution in [0.4, 0.5) is 0 Å². The van der Waals surface area contributed by atoms with Gasteiger partial charge in [0, 0.05) is 12.0 Å². The minimum Gasteiger partial charge on any atom is -0.395 e. The van der Waals surface area contributed by atoms with Crippen LogP contribution in [0.3, 0.4) is 0 Å². The molecule has 0 saturated heterocycles. The number of rotatable bonds is 1. The normalized spacial score (nSPS) is 15.4. The first-order valence-electron chi connectivity index (χ1n) is 3.92. The van der Waals surface area contributed by atoms with E-state index in [1.54, 1.807) is 12.1 Å². The molecule has 1 aliphatic rings. The summed E-state index contributed by atoms with van der Waals surface area (Å²) in [6, 6.07) is 5.40. The Labute approximate surface area is 86.1 Å². The molecule has 0 saturated carbocycles. The SMILES string of the molecule is Clc1cccc(Cl)c1C1=NOCC1. The van der Waals surface area contributed by atoms with Crippen molar-refractivity contribution >= 4 is 28.9 Å². The van der Waals surface area contributed by atoms with E-state index in [-0.39, 0.29) is 0 Å². The van der Waals surface area contributed by atoms with Crippen molar-refractivity contribution in [1.82, 2.24) is 0 Å². The van der Waals surface area contributed by atoms with Gasteiger partial charge in [0.25, 0.3) is 0 Å². The average molecular weight is 216 g/mol. The van der Waals surface area contributed by atoms with Crippen LogP contribution in [0.1, 0.15) is 12.0 Å². The van der Waals surface area contributed by atoms with Gasteiger partial charge in [-0.3, -0.25) is 0 Å². The predicted molar refractivity (Wildman–Crippen MR) is 53.6 cm³/mol. The van der Waals surface area contributed by atoms with Gasteiger partial charge < -0.3 is 4.84 Å². The Morgan fingerprint density at radius 3 is 2.46 bits per heavy atom. The highest BCUT2D eigenvalue weighted by Crippen LogP contribution is 2.27. The summed E-state index contributed by atoms with van der Waals surface area (Å²) in [5, 5.41) is 5.12. The molecule has 0 unspecified atom stereocenters. The van der Waals surface area contributed by atoms with Crippen molar-refractivity contribution in [3.8, 4) is 0 Å². The first-order chi connectivity index (χ1) is 6.29. The lowest BCUT2D eigenvalue weighted by Crippen LogP contribution is -1.99. The topological polar surface area (TPSA) is 21.6 Å². The standard InChI is InChI=1S/C9H7Cl2NO/c10-6-2-1-3-7(11)9(6)8-4-5-13-12-8/h1-3H,4-5H2. The van der Waals surface area contributed by atoms with E-state index in [1.807, 2.05) is 6.07 Å². The van der Waals surface area contributed by atoms with Crippen LogP contribution in [-0.4, -0.2) is 12.3 Å². The Bertz CT molecular complexity index is 342. The number of halogens is 2. The van der Waals surface area contributed by atoms with Gasteiger partial charge in [0.05, 0.1) is 15.8 Å². The lowest BCUT2D eigenvalue weighted by Gasteiger charge is -2.03. The van der Waals surface area contributed by atoms with E-state index in [1.165, 1.54) is 0 Å². The van der Waals surface area contributed by atoms with Crippen LogP contribution < -0.4 is 0 Å². The lowest BCUT2D eigenvalue weighted by atomic mass is 10.1. The summed E-state index contributed by atoms with van der Waals surface area (Å²) in [4.78, 5) is 4.89. The van der Waals surface area contributed by atoms with Gasteiger partial charge in [-0.2, -0.15) is 0 Å². The molecular weight excluding hydrogens is 209 g/mol. The fourth-order valence-corrected chi connectivity index (χ4v) is 1.87. The van der Waals surface area contributed by atoms with Crippen LogP contribution in [0.25, 0.3) is 0 Å². The second-order valence-corrected chi connectivity index (χ2v) is 3.53. The predicted octanol–water partition coefficient (Wildman–Crippen LogP) is 3.12. The summed E-state index contributed by atoms with van der Waals surface area (Å²) in [7, 11) is 0. The van der Waals surface area contributed by atoms with Crippen LogP contribution in [0.15, 0.2) is 23.4 Å². The van der Waals surface area contributed by atoms with Gasteiger partial charge in [0.1, 0.15) is 6.61 Å². The molecular formula is C9H7Cl2NO. The van der Waals surface area contributed by atoms with Crippen LogP contribution >= 0.6 is 23.2 Å². The second-order valence-electron chi connectivity index (χ2n) is 2.72. The summed E-state index contributed by atoms with van der Waals surface area (Å²) >= 11 is 12.0. The first-order valence-corrected chi connectivity index (χ1v) is 4.68. The van der Waals surface area contributed by atoms with E-state index >= 15 is 0 Å². The molecule has 0 bridgehead atoms. The average Bonchev–Trinajstić information content (AvgIpc) is 2.57. The monoisotopic (exact) mass is 215 g/mol. The van der Waals surface area contributed by atoms with E-state index in [2.05, 4.69) is 5.16 Å². The van der Waals surface area contributed by atoms with Crippen LogP contribution in [0.5, 0.6) is 0 Å². The summed E-state index contributed by atoms with van der Waals surface area (Å²) in [5.74, 6) is 0. The smallest absolute Gasteiger partial charge is 0.122 e. The third-order valence-corrected chi connectivity index (χ3v) is 2.49. The third kappa shape index (κ3) is 1.64. The van der Waals surface area contributed by atoms with Crippen molar-refractivity contribution in [2.45, 2.75) is 6.42 Å². The summed E-state index contributed by atoms with van der Waals surface area (Å²) < 4.78 is 0. The molecule has 2 nitrogen and oxygen atoms in total. The van der Waals surface area contributed by atoms with Gasteiger partial charge >= 0.3 is 0 Å². The molecule has 68 valence electrons. The molecule has 4 heteroatoms. The molecule has 1 aliphatic heterocycles. The Hall–Kier alpha value is -0.730. The van der Waals surface area contributed by atoms with Crippen molar-refractivity contribution in [3.63, 3.8) is 0 Å². The first kappa shape index (κ1) is 8.85. The lowest BCUT2D eigenvalue weighted by molar-refractivity contribution is 0.174. The van der Waals surface area contributed by atoms with E-state index in [9.17, 15) is 0 Å². The van der Waals surface area contributed by atoms with E-state index in [4.69, 9.17) is 28.0 Å². The van der Waals surface area contributed by atoms with Gasteiger partial charge in [-0.05, 0) is 12.1 Å². The van der Waals surface area contributed by atoms with Crippen molar-refractivity contribution in [2.75, 3.05) is 6.61 Å². The number of nitrogens with zero attached hydrogens (tertiary/aromatic N) is 1. The Balaban J connectivity index is 2.49. The minimum atomic E-state index is 0.608. The molecule has 0 fully saturated rings. The van der Waals surface area contributed by atoms with Crippen molar-refractivity contribution < 1.29 is 4.84 Å². The number of hydrogen-bond acceptors (Lipinski definition) is 2. The largest absolute Gasteiger partial charge is 0.395 e. The van der Waals surface area contributed by atoms with E-state index in [0.29, 0.717) is 16.7 Å². The number of oxime groups is 1. The van der Waals surface area contributed by atoms with E-state index < -0.39 is 0 Å². The zero-order valence-electron chi connectivity index (χ0n) is 6.76. The number of benzene rings is 1. The van der Waals surface area contributed by atoms with Crippen molar-refractivity contribution in [2.24, 2.45) is 5.16 Å². The maximum atomic E-state index is 5.99.